The Kier molecular flexibility index (Phi) is 3.23. The molecule has 0 amide bonds. The zero-order valence-corrected chi connectivity index (χ0v) is 9.86. The minimum atomic E-state index is -0.401. The fourth-order valence-electron chi connectivity index (χ4n) is 1.64. The van der Waals surface area contributed by atoms with Gasteiger partial charge in [0.1, 0.15) is 0 Å². The minimum Gasteiger partial charge on any atom is -0.461 e. The number of hydrogen-bond acceptors (Lipinski definition) is 4. The number of para-hydroxylation sites is 1. The molecule has 1 aromatic carbocycles. The lowest BCUT2D eigenvalue weighted by Crippen LogP contribution is -2.19. The van der Waals surface area contributed by atoms with Crippen molar-refractivity contribution in [3.63, 3.8) is 0 Å². The summed E-state index contributed by atoms with van der Waals surface area (Å²) in [4.78, 5) is 11.7. The molecule has 0 aromatic heterocycles. The van der Waals surface area contributed by atoms with Gasteiger partial charge in [-0.3, -0.25) is 5.43 Å². The molecule has 1 aromatic rings. The lowest BCUT2D eigenvalue weighted by Gasteiger charge is -2.04. The molecule has 0 radical (unpaired) electrons. The number of carbonyl (C=O) groups excluding carboxylic acids is 1. The fraction of sp³-hybridized carbons (Fsp3) is 0.231. The average molecular weight is 230 g/mol. The SMILES string of the molecule is CCOC(=O)C1=NNc2ccccc2C=C1C. The Morgan fingerprint density at radius 1 is 1.41 bits per heavy atom. The molecule has 1 aliphatic rings. The van der Waals surface area contributed by atoms with Crippen LogP contribution in [-0.4, -0.2) is 18.3 Å². The molecular formula is C13H14N2O2. The van der Waals surface area contributed by atoms with Crippen LogP contribution in [0.4, 0.5) is 5.69 Å². The molecule has 0 aliphatic carbocycles. The van der Waals surface area contributed by atoms with E-state index in [4.69, 9.17) is 4.74 Å². The van der Waals surface area contributed by atoms with Crippen LogP contribution in [0.1, 0.15) is 19.4 Å². The third-order valence-corrected chi connectivity index (χ3v) is 2.46. The third kappa shape index (κ3) is 2.36. The highest BCUT2D eigenvalue weighted by molar-refractivity contribution is 6.44. The van der Waals surface area contributed by atoms with E-state index in [1.165, 1.54) is 0 Å². The number of anilines is 1. The first-order chi connectivity index (χ1) is 8.22. The summed E-state index contributed by atoms with van der Waals surface area (Å²) >= 11 is 0. The van der Waals surface area contributed by atoms with E-state index in [2.05, 4.69) is 10.5 Å². The van der Waals surface area contributed by atoms with E-state index in [0.717, 1.165) is 16.8 Å². The van der Waals surface area contributed by atoms with Crippen molar-refractivity contribution in [2.75, 3.05) is 12.0 Å². The van der Waals surface area contributed by atoms with Gasteiger partial charge in [0.05, 0.1) is 12.3 Å². The van der Waals surface area contributed by atoms with E-state index in [1.54, 1.807) is 6.92 Å². The fourth-order valence-corrected chi connectivity index (χ4v) is 1.64. The number of esters is 1. The molecule has 88 valence electrons. The predicted octanol–water partition coefficient (Wildman–Crippen LogP) is 2.43. The molecule has 1 heterocycles. The Hall–Kier alpha value is -2.10. The smallest absolute Gasteiger partial charge is 0.359 e. The molecule has 17 heavy (non-hydrogen) atoms. The summed E-state index contributed by atoms with van der Waals surface area (Å²) in [6.45, 7) is 3.97. The topological polar surface area (TPSA) is 50.7 Å². The van der Waals surface area contributed by atoms with Gasteiger partial charge in [0, 0.05) is 0 Å². The largest absolute Gasteiger partial charge is 0.461 e. The van der Waals surface area contributed by atoms with Gasteiger partial charge in [0.15, 0.2) is 5.71 Å². The van der Waals surface area contributed by atoms with Crippen LogP contribution in [0.3, 0.4) is 0 Å². The van der Waals surface area contributed by atoms with Crippen LogP contribution in [0.15, 0.2) is 34.9 Å². The first-order valence-electron chi connectivity index (χ1n) is 5.51. The van der Waals surface area contributed by atoms with Crippen LogP contribution in [0.2, 0.25) is 0 Å². The van der Waals surface area contributed by atoms with Crippen molar-refractivity contribution >= 4 is 23.4 Å². The number of nitrogens with one attached hydrogen (secondary N) is 1. The number of rotatable bonds is 2. The Morgan fingerprint density at radius 2 is 2.18 bits per heavy atom. The average Bonchev–Trinajstić information content (AvgIpc) is 2.47. The van der Waals surface area contributed by atoms with Gasteiger partial charge in [0.2, 0.25) is 0 Å². The standard InChI is InChI=1S/C13H14N2O2/c1-3-17-13(16)12-9(2)8-10-6-4-5-7-11(10)14-15-12/h4-8,14H,3H2,1-2H3. The highest BCUT2D eigenvalue weighted by Gasteiger charge is 2.17. The van der Waals surface area contributed by atoms with Gasteiger partial charge >= 0.3 is 5.97 Å². The van der Waals surface area contributed by atoms with Crippen molar-refractivity contribution in [3.05, 3.63) is 35.4 Å². The van der Waals surface area contributed by atoms with E-state index in [0.29, 0.717) is 12.3 Å². The summed E-state index contributed by atoms with van der Waals surface area (Å²) in [5, 5.41) is 4.09. The molecular weight excluding hydrogens is 216 g/mol. The van der Waals surface area contributed by atoms with Crippen molar-refractivity contribution in [1.29, 1.82) is 0 Å². The van der Waals surface area contributed by atoms with Gasteiger partial charge in [-0.25, -0.2) is 4.79 Å². The van der Waals surface area contributed by atoms with Crippen molar-refractivity contribution in [2.24, 2.45) is 5.10 Å². The molecule has 0 saturated carbocycles. The zero-order chi connectivity index (χ0) is 12.3. The summed E-state index contributed by atoms with van der Waals surface area (Å²) < 4.78 is 4.96. The Labute approximate surface area is 100.0 Å². The monoisotopic (exact) mass is 230 g/mol. The third-order valence-electron chi connectivity index (χ3n) is 2.46. The Bertz CT molecular complexity index is 504. The molecule has 0 saturated heterocycles. The number of carbonyl (C=O) groups is 1. The molecule has 2 rings (SSSR count). The van der Waals surface area contributed by atoms with Gasteiger partial charge in [-0.2, -0.15) is 5.10 Å². The van der Waals surface area contributed by atoms with Crippen LogP contribution in [0.25, 0.3) is 6.08 Å². The van der Waals surface area contributed by atoms with Gasteiger partial charge in [-0.05, 0) is 37.1 Å². The molecule has 4 heteroatoms. The van der Waals surface area contributed by atoms with Crippen LogP contribution < -0.4 is 5.43 Å². The van der Waals surface area contributed by atoms with Gasteiger partial charge < -0.3 is 4.74 Å². The van der Waals surface area contributed by atoms with E-state index in [1.807, 2.05) is 37.3 Å². The molecule has 0 atom stereocenters. The first kappa shape index (κ1) is 11.4. The van der Waals surface area contributed by atoms with Gasteiger partial charge in [0.25, 0.3) is 0 Å². The highest BCUT2D eigenvalue weighted by atomic mass is 16.5. The number of ether oxygens (including phenoxy) is 1. The number of hydrogen-bond donors (Lipinski definition) is 1. The van der Waals surface area contributed by atoms with Crippen LogP contribution in [-0.2, 0) is 9.53 Å². The Morgan fingerprint density at radius 3 is 2.94 bits per heavy atom. The maximum absolute atomic E-state index is 11.7. The van der Waals surface area contributed by atoms with Crippen molar-refractivity contribution < 1.29 is 9.53 Å². The number of benzene rings is 1. The van der Waals surface area contributed by atoms with E-state index < -0.39 is 5.97 Å². The summed E-state index contributed by atoms with van der Waals surface area (Å²) in [5.41, 5.74) is 5.88. The molecule has 0 fully saturated rings. The van der Waals surface area contributed by atoms with Gasteiger partial charge in [-0.1, -0.05) is 18.2 Å². The second kappa shape index (κ2) is 4.82. The molecule has 0 bridgehead atoms. The number of fused-ring (bicyclic) bond motifs is 1. The first-order valence-corrected chi connectivity index (χ1v) is 5.51. The highest BCUT2D eigenvalue weighted by Crippen LogP contribution is 2.21. The van der Waals surface area contributed by atoms with Crippen molar-refractivity contribution in [2.45, 2.75) is 13.8 Å². The predicted molar refractivity (Wildman–Crippen MR) is 67.8 cm³/mol. The van der Waals surface area contributed by atoms with E-state index in [9.17, 15) is 4.79 Å². The minimum absolute atomic E-state index is 0.322. The zero-order valence-electron chi connectivity index (χ0n) is 9.86. The summed E-state index contributed by atoms with van der Waals surface area (Å²) in [5.74, 6) is -0.401. The quantitative estimate of drug-likeness (QED) is 0.794. The molecule has 4 nitrogen and oxygen atoms in total. The van der Waals surface area contributed by atoms with E-state index in [-0.39, 0.29) is 0 Å². The lowest BCUT2D eigenvalue weighted by atomic mass is 10.1. The lowest BCUT2D eigenvalue weighted by molar-refractivity contribution is -0.134. The summed E-state index contributed by atoms with van der Waals surface area (Å²) in [7, 11) is 0. The van der Waals surface area contributed by atoms with Crippen LogP contribution in [0, 0.1) is 0 Å². The van der Waals surface area contributed by atoms with Crippen LogP contribution >= 0.6 is 0 Å². The molecule has 0 spiro atoms. The van der Waals surface area contributed by atoms with E-state index >= 15 is 0 Å². The van der Waals surface area contributed by atoms with Crippen molar-refractivity contribution in [1.82, 2.24) is 0 Å². The van der Waals surface area contributed by atoms with Crippen molar-refractivity contribution in [3.8, 4) is 0 Å². The second-order valence-electron chi connectivity index (χ2n) is 3.71. The maximum Gasteiger partial charge on any atom is 0.359 e. The molecule has 0 unspecified atom stereocenters. The normalized spacial score (nSPS) is 13.8. The second-order valence-corrected chi connectivity index (χ2v) is 3.71. The molecule has 1 aliphatic heterocycles. The summed E-state index contributed by atoms with van der Waals surface area (Å²) in [6, 6.07) is 7.74. The number of hydrazone groups is 1. The van der Waals surface area contributed by atoms with Gasteiger partial charge in [-0.15, -0.1) is 0 Å². The van der Waals surface area contributed by atoms with Crippen LogP contribution in [0.5, 0.6) is 0 Å². The molecule has 1 N–H and O–H groups in total. The number of nitrogens with zero attached hydrogens (tertiary/aromatic N) is 1. The maximum atomic E-state index is 11.7. The Balaban J connectivity index is 2.35. The summed E-state index contributed by atoms with van der Waals surface area (Å²) in [6.07, 6.45) is 1.92.